The Labute approximate surface area is 111 Å². The van der Waals surface area contributed by atoms with Crippen LogP contribution in [0.2, 0.25) is 0 Å². The summed E-state index contributed by atoms with van der Waals surface area (Å²) < 4.78 is 2.04. The minimum atomic E-state index is 0.653. The Bertz CT molecular complexity index is 459. The van der Waals surface area contributed by atoms with Crippen molar-refractivity contribution in [2.75, 3.05) is 6.54 Å². The zero-order valence-corrected chi connectivity index (χ0v) is 11.6. The third kappa shape index (κ3) is 3.04. The predicted molar refractivity (Wildman–Crippen MR) is 70.9 cm³/mol. The first kappa shape index (κ1) is 12.0. The lowest BCUT2D eigenvalue weighted by atomic mass is 10.1. The molecule has 0 unspecified atom stereocenters. The number of aromatic nitrogens is 2. The Hall–Kier alpha value is -0.430. The van der Waals surface area contributed by atoms with Crippen LogP contribution in [0.3, 0.4) is 0 Å². The molecule has 0 spiro atoms. The van der Waals surface area contributed by atoms with Crippen LogP contribution < -0.4 is 5.73 Å². The smallest absolute Gasteiger partial charge is 0.178 e. The van der Waals surface area contributed by atoms with E-state index in [9.17, 15) is 0 Å². The summed E-state index contributed by atoms with van der Waals surface area (Å²) in [5.41, 5.74) is 8.59. The lowest BCUT2D eigenvalue weighted by molar-refractivity contribution is 0.941. The zero-order valence-electron chi connectivity index (χ0n) is 8.39. The molecule has 0 radical (unpaired) electrons. The van der Waals surface area contributed by atoms with Crippen molar-refractivity contribution in [1.82, 2.24) is 10.2 Å². The van der Waals surface area contributed by atoms with Gasteiger partial charge in [-0.3, -0.25) is 0 Å². The Morgan fingerprint density at radius 1 is 1.44 bits per heavy atom. The number of benzene rings is 1. The van der Waals surface area contributed by atoms with Crippen molar-refractivity contribution in [3.05, 3.63) is 33.7 Å². The van der Waals surface area contributed by atoms with Gasteiger partial charge in [0, 0.05) is 9.37 Å². The van der Waals surface area contributed by atoms with E-state index in [1.165, 1.54) is 10.5 Å². The maximum absolute atomic E-state index is 5.60. The van der Waals surface area contributed by atoms with E-state index in [4.69, 9.17) is 5.73 Å². The highest BCUT2D eigenvalue weighted by atomic mass is 79.9. The maximum atomic E-state index is 5.60. The second kappa shape index (κ2) is 5.77. The Morgan fingerprint density at radius 2 is 2.31 bits per heavy atom. The minimum Gasteiger partial charge on any atom is -0.330 e. The molecule has 0 aliphatic carbocycles. The third-order valence-electron chi connectivity index (χ3n) is 1.97. The van der Waals surface area contributed by atoms with E-state index < -0.39 is 0 Å². The molecule has 2 N–H and O–H groups in total. The fourth-order valence-electron chi connectivity index (χ4n) is 1.30. The fraction of sp³-hybridized carbons (Fsp3) is 0.200. The average molecular weight is 316 g/mol. The SMILES string of the molecule is NCCc1cc(Br)ccc1Sc1nncs1. The third-order valence-corrected chi connectivity index (χ3v) is 4.36. The molecule has 0 bridgehead atoms. The molecule has 2 aromatic rings. The molecule has 0 amide bonds. The first-order chi connectivity index (χ1) is 7.79. The van der Waals surface area contributed by atoms with E-state index in [1.54, 1.807) is 28.6 Å². The summed E-state index contributed by atoms with van der Waals surface area (Å²) in [4.78, 5) is 1.20. The minimum absolute atomic E-state index is 0.653. The molecule has 0 atom stereocenters. The van der Waals surface area contributed by atoms with E-state index in [0.29, 0.717) is 6.54 Å². The van der Waals surface area contributed by atoms with Gasteiger partial charge < -0.3 is 5.73 Å². The molecule has 0 saturated carbocycles. The van der Waals surface area contributed by atoms with Gasteiger partial charge in [0.25, 0.3) is 0 Å². The van der Waals surface area contributed by atoms with Crippen molar-refractivity contribution in [1.29, 1.82) is 0 Å². The largest absolute Gasteiger partial charge is 0.330 e. The molecule has 3 nitrogen and oxygen atoms in total. The summed E-state index contributed by atoms with van der Waals surface area (Å²) in [5, 5.41) is 7.85. The van der Waals surface area contributed by atoms with Crippen LogP contribution in [0, 0.1) is 0 Å². The van der Waals surface area contributed by atoms with Gasteiger partial charge in [0.15, 0.2) is 4.34 Å². The van der Waals surface area contributed by atoms with Crippen molar-refractivity contribution in [3.8, 4) is 0 Å². The second-order valence-electron chi connectivity index (χ2n) is 3.10. The molecule has 0 aliphatic heterocycles. The van der Waals surface area contributed by atoms with E-state index in [1.807, 2.05) is 6.07 Å². The Morgan fingerprint density at radius 3 is 3.00 bits per heavy atom. The summed E-state index contributed by atoms with van der Waals surface area (Å²) in [5.74, 6) is 0. The van der Waals surface area contributed by atoms with Crippen LogP contribution in [0.15, 0.2) is 37.4 Å². The van der Waals surface area contributed by atoms with Gasteiger partial charge in [-0.1, -0.05) is 39.0 Å². The van der Waals surface area contributed by atoms with Gasteiger partial charge in [0.05, 0.1) is 0 Å². The van der Waals surface area contributed by atoms with Crippen LogP contribution in [0.1, 0.15) is 5.56 Å². The number of nitrogens with zero attached hydrogens (tertiary/aromatic N) is 2. The summed E-state index contributed by atoms with van der Waals surface area (Å²) >= 11 is 6.65. The van der Waals surface area contributed by atoms with Crippen LogP contribution in [-0.4, -0.2) is 16.7 Å². The van der Waals surface area contributed by atoms with Gasteiger partial charge >= 0.3 is 0 Å². The summed E-state index contributed by atoms with van der Waals surface area (Å²) in [6.07, 6.45) is 0.876. The lowest BCUT2D eigenvalue weighted by Gasteiger charge is -2.06. The van der Waals surface area contributed by atoms with Crippen LogP contribution >= 0.6 is 39.0 Å². The van der Waals surface area contributed by atoms with Crippen molar-refractivity contribution >= 4 is 39.0 Å². The van der Waals surface area contributed by atoms with Crippen LogP contribution in [-0.2, 0) is 6.42 Å². The normalized spacial score (nSPS) is 10.6. The van der Waals surface area contributed by atoms with E-state index in [0.717, 1.165) is 15.2 Å². The molecule has 84 valence electrons. The summed E-state index contributed by atoms with van der Waals surface area (Å²) in [6, 6.07) is 6.22. The molecule has 1 aromatic heterocycles. The Kier molecular flexibility index (Phi) is 4.34. The second-order valence-corrected chi connectivity index (χ2v) is 6.14. The number of rotatable bonds is 4. The number of nitrogens with two attached hydrogens (primary N) is 1. The van der Waals surface area contributed by atoms with Gasteiger partial charge in [-0.25, -0.2) is 0 Å². The van der Waals surface area contributed by atoms with Gasteiger partial charge in [0.1, 0.15) is 5.51 Å². The molecular formula is C10H10BrN3S2. The standard InChI is InChI=1S/C10H10BrN3S2/c11-8-1-2-9(7(5-8)3-4-12)16-10-14-13-6-15-10/h1-2,5-6H,3-4,12H2. The monoisotopic (exact) mass is 315 g/mol. The van der Waals surface area contributed by atoms with Gasteiger partial charge in [-0.05, 0) is 36.7 Å². The molecule has 16 heavy (non-hydrogen) atoms. The number of hydrogen-bond donors (Lipinski definition) is 1. The lowest BCUT2D eigenvalue weighted by Crippen LogP contribution is -2.03. The summed E-state index contributed by atoms with van der Waals surface area (Å²) in [7, 11) is 0. The van der Waals surface area contributed by atoms with Gasteiger partial charge in [-0.15, -0.1) is 10.2 Å². The topological polar surface area (TPSA) is 51.8 Å². The van der Waals surface area contributed by atoms with Crippen molar-refractivity contribution in [3.63, 3.8) is 0 Å². The average Bonchev–Trinajstić information content (AvgIpc) is 2.75. The quantitative estimate of drug-likeness (QED) is 0.942. The fourth-order valence-corrected chi connectivity index (χ4v) is 3.28. The van der Waals surface area contributed by atoms with Gasteiger partial charge in [-0.2, -0.15) is 0 Å². The van der Waals surface area contributed by atoms with Gasteiger partial charge in [0.2, 0.25) is 0 Å². The highest BCUT2D eigenvalue weighted by molar-refractivity contribution is 9.10. The molecule has 6 heteroatoms. The van der Waals surface area contributed by atoms with E-state index >= 15 is 0 Å². The van der Waals surface area contributed by atoms with Crippen LogP contribution in [0.25, 0.3) is 0 Å². The number of halogens is 1. The Balaban J connectivity index is 2.25. The van der Waals surface area contributed by atoms with Crippen LogP contribution in [0.5, 0.6) is 0 Å². The maximum Gasteiger partial charge on any atom is 0.178 e. The molecule has 0 fully saturated rings. The highest BCUT2D eigenvalue weighted by Gasteiger charge is 2.06. The number of hydrogen-bond acceptors (Lipinski definition) is 5. The molecule has 0 aliphatic rings. The molecule has 1 aromatic carbocycles. The summed E-state index contributed by atoms with van der Waals surface area (Å²) in [6.45, 7) is 0.653. The van der Waals surface area contributed by atoms with Crippen molar-refractivity contribution < 1.29 is 0 Å². The predicted octanol–water partition coefficient (Wildman–Crippen LogP) is 2.95. The first-order valence-corrected chi connectivity index (χ1v) is 7.21. The van der Waals surface area contributed by atoms with Crippen molar-refractivity contribution in [2.24, 2.45) is 5.73 Å². The molecule has 1 heterocycles. The van der Waals surface area contributed by atoms with E-state index in [-0.39, 0.29) is 0 Å². The van der Waals surface area contributed by atoms with Crippen LogP contribution in [0.4, 0.5) is 0 Å². The molecular weight excluding hydrogens is 306 g/mol. The van der Waals surface area contributed by atoms with E-state index in [2.05, 4.69) is 38.3 Å². The highest BCUT2D eigenvalue weighted by Crippen LogP contribution is 2.32. The zero-order chi connectivity index (χ0) is 11.4. The molecule has 0 saturated heterocycles. The first-order valence-electron chi connectivity index (χ1n) is 4.72. The molecule has 2 rings (SSSR count). The van der Waals surface area contributed by atoms with Crippen molar-refractivity contribution in [2.45, 2.75) is 15.7 Å².